The molecule has 0 saturated carbocycles. The fourth-order valence-corrected chi connectivity index (χ4v) is 1.75. The minimum Gasteiger partial charge on any atom is -0.316 e. The highest BCUT2D eigenvalue weighted by Crippen LogP contribution is 1.92. The predicted octanol–water partition coefficient (Wildman–Crippen LogP) is 0.0290. The van der Waals surface area contributed by atoms with E-state index in [-0.39, 0.29) is 17.5 Å². The van der Waals surface area contributed by atoms with Crippen LogP contribution in [-0.2, 0) is 9.84 Å². The van der Waals surface area contributed by atoms with Gasteiger partial charge >= 0.3 is 0 Å². The summed E-state index contributed by atoms with van der Waals surface area (Å²) in [4.78, 5) is 0. The van der Waals surface area contributed by atoms with E-state index >= 15 is 0 Å². The van der Waals surface area contributed by atoms with Crippen LogP contribution in [0.4, 0.5) is 0 Å². The molecule has 3 nitrogen and oxygen atoms in total. The molecule has 0 spiro atoms. The molecule has 4 heteroatoms. The molecule has 0 aromatic heterocycles. The monoisotopic (exact) mass is 165 g/mol. The first kappa shape index (κ1) is 9.91. The van der Waals surface area contributed by atoms with Gasteiger partial charge in [0.1, 0.15) is 0 Å². The molecule has 1 N–H and O–H groups in total. The number of hydrogen-bond acceptors (Lipinski definition) is 3. The van der Waals surface area contributed by atoms with Crippen LogP contribution >= 0.6 is 0 Å². The first-order valence-corrected chi connectivity index (χ1v) is 5.21. The van der Waals surface area contributed by atoms with Crippen LogP contribution in [0.1, 0.15) is 13.8 Å². The van der Waals surface area contributed by atoms with Gasteiger partial charge in [-0.3, -0.25) is 0 Å². The average molecular weight is 165 g/mol. The van der Waals surface area contributed by atoms with E-state index in [0.717, 1.165) is 0 Å². The van der Waals surface area contributed by atoms with E-state index in [1.165, 1.54) is 0 Å². The Bertz CT molecular complexity index is 174. The highest BCUT2D eigenvalue weighted by atomic mass is 32.2. The van der Waals surface area contributed by atoms with Gasteiger partial charge in [0.2, 0.25) is 0 Å². The smallest absolute Gasteiger partial charge is 0.151 e. The molecule has 0 radical (unpaired) electrons. The summed E-state index contributed by atoms with van der Waals surface area (Å²) in [6.07, 6.45) is 0. The molecule has 1 atom stereocenters. The van der Waals surface area contributed by atoms with Crippen molar-refractivity contribution in [1.82, 2.24) is 5.32 Å². The fraction of sp³-hybridized carbons (Fsp3) is 1.00. The van der Waals surface area contributed by atoms with Gasteiger partial charge in [0.25, 0.3) is 0 Å². The molecule has 0 aliphatic heterocycles. The van der Waals surface area contributed by atoms with Gasteiger partial charge in [-0.15, -0.1) is 0 Å². The molecule has 0 saturated heterocycles. The third kappa shape index (κ3) is 3.85. The Hall–Kier alpha value is -0.0900. The Balaban J connectivity index is 3.90. The first-order valence-electron chi connectivity index (χ1n) is 3.39. The van der Waals surface area contributed by atoms with E-state index in [9.17, 15) is 8.42 Å². The second-order valence-electron chi connectivity index (χ2n) is 2.39. The molecule has 1 unspecified atom stereocenters. The Morgan fingerprint density at radius 2 is 2.00 bits per heavy atom. The van der Waals surface area contributed by atoms with Crippen molar-refractivity contribution in [2.24, 2.45) is 0 Å². The van der Waals surface area contributed by atoms with E-state index in [2.05, 4.69) is 5.32 Å². The van der Waals surface area contributed by atoms with Gasteiger partial charge in [0.15, 0.2) is 9.84 Å². The van der Waals surface area contributed by atoms with E-state index < -0.39 is 9.84 Å². The minimum atomic E-state index is -2.79. The largest absolute Gasteiger partial charge is 0.316 e. The van der Waals surface area contributed by atoms with Crippen molar-refractivity contribution in [2.45, 2.75) is 19.9 Å². The zero-order chi connectivity index (χ0) is 8.20. The molecule has 0 rings (SSSR count). The lowest BCUT2D eigenvalue weighted by Crippen LogP contribution is -2.30. The summed E-state index contributed by atoms with van der Waals surface area (Å²) >= 11 is 0. The van der Waals surface area contributed by atoms with Crippen molar-refractivity contribution >= 4 is 9.84 Å². The Morgan fingerprint density at radius 1 is 1.50 bits per heavy atom. The van der Waals surface area contributed by atoms with Gasteiger partial charge in [-0.05, 0) is 14.0 Å². The van der Waals surface area contributed by atoms with Crippen LogP contribution in [0.5, 0.6) is 0 Å². The molecule has 0 aliphatic rings. The fourth-order valence-electron chi connectivity index (χ4n) is 0.582. The molecule has 10 heavy (non-hydrogen) atoms. The van der Waals surface area contributed by atoms with Crippen molar-refractivity contribution in [3.05, 3.63) is 0 Å². The minimum absolute atomic E-state index is 0.0601. The van der Waals surface area contributed by atoms with E-state index in [4.69, 9.17) is 0 Å². The van der Waals surface area contributed by atoms with Gasteiger partial charge < -0.3 is 5.32 Å². The molecule has 0 fully saturated rings. The third-order valence-electron chi connectivity index (χ3n) is 1.44. The van der Waals surface area contributed by atoms with Crippen molar-refractivity contribution in [3.8, 4) is 0 Å². The van der Waals surface area contributed by atoms with Gasteiger partial charge in [0.05, 0.1) is 5.75 Å². The Morgan fingerprint density at radius 3 is 2.30 bits per heavy atom. The summed E-state index contributed by atoms with van der Waals surface area (Å²) in [5, 5.41) is 2.88. The topological polar surface area (TPSA) is 46.2 Å². The number of rotatable bonds is 4. The number of hydrogen-bond donors (Lipinski definition) is 1. The molecule has 0 heterocycles. The van der Waals surface area contributed by atoms with Crippen molar-refractivity contribution < 1.29 is 8.42 Å². The lowest BCUT2D eigenvalue weighted by Gasteiger charge is -2.08. The lowest BCUT2D eigenvalue weighted by atomic mass is 10.4. The van der Waals surface area contributed by atoms with Crippen LogP contribution in [0.15, 0.2) is 0 Å². The Kier molecular flexibility index (Phi) is 3.89. The first-order chi connectivity index (χ1) is 4.52. The summed E-state index contributed by atoms with van der Waals surface area (Å²) < 4.78 is 21.9. The zero-order valence-corrected chi connectivity index (χ0v) is 7.53. The summed E-state index contributed by atoms with van der Waals surface area (Å²) in [6.45, 7) is 3.52. The van der Waals surface area contributed by atoms with Crippen LogP contribution in [0.25, 0.3) is 0 Å². The highest BCUT2D eigenvalue weighted by molar-refractivity contribution is 7.91. The van der Waals surface area contributed by atoms with Gasteiger partial charge in [-0.2, -0.15) is 0 Å². The molecule has 62 valence electrons. The quantitative estimate of drug-likeness (QED) is 0.639. The van der Waals surface area contributed by atoms with Crippen molar-refractivity contribution in [1.29, 1.82) is 0 Å². The van der Waals surface area contributed by atoms with Gasteiger partial charge in [-0.1, -0.05) is 6.92 Å². The highest BCUT2D eigenvalue weighted by Gasteiger charge is 2.10. The summed E-state index contributed by atoms with van der Waals surface area (Å²) in [6, 6.07) is 0.0601. The maximum Gasteiger partial charge on any atom is 0.151 e. The maximum absolute atomic E-state index is 10.9. The van der Waals surface area contributed by atoms with Crippen LogP contribution in [0.2, 0.25) is 0 Å². The van der Waals surface area contributed by atoms with Crippen molar-refractivity contribution in [2.75, 3.05) is 18.6 Å². The SMILES string of the molecule is CCS(=O)(=O)CC(C)NC. The normalized spacial score (nSPS) is 15.1. The maximum atomic E-state index is 10.9. The zero-order valence-electron chi connectivity index (χ0n) is 6.72. The van der Waals surface area contributed by atoms with Gasteiger partial charge in [0, 0.05) is 11.8 Å². The number of nitrogens with one attached hydrogen (secondary N) is 1. The summed E-state index contributed by atoms with van der Waals surface area (Å²) in [5.41, 5.74) is 0. The summed E-state index contributed by atoms with van der Waals surface area (Å²) in [5.74, 6) is 0.471. The molecular formula is C6H15NO2S. The Labute approximate surface area is 62.7 Å². The van der Waals surface area contributed by atoms with E-state index in [0.29, 0.717) is 0 Å². The molecular weight excluding hydrogens is 150 g/mol. The average Bonchev–Trinajstić information content (AvgIpc) is 1.87. The van der Waals surface area contributed by atoms with Crippen LogP contribution in [-0.4, -0.2) is 33.0 Å². The van der Waals surface area contributed by atoms with Gasteiger partial charge in [-0.25, -0.2) is 8.42 Å². The van der Waals surface area contributed by atoms with E-state index in [1.807, 2.05) is 6.92 Å². The molecule has 0 aromatic carbocycles. The number of sulfone groups is 1. The van der Waals surface area contributed by atoms with E-state index in [1.54, 1.807) is 14.0 Å². The summed E-state index contributed by atoms with van der Waals surface area (Å²) in [7, 11) is -1.03. The van der Waals surface area contributed by atoms with Crippen LogP contribution < -0.4 is 5.32 Å². The molecule has 0 amide bonds. The molecule has 0 bridgehead atoms. The van der Waals surface area contributed by atoms with Crippen LogP contribution in [0.3, 0.4) is 0 Å². The standard InChI is InChI=1S/C6H15NO2S/c1-4-10(8,9)5-6(2)7-3/h6-7H,4-5H2,1-3H3. The third-order valence-corrected chi connectivity index (χ3v) is 3.32. The van der Waals surface area contributed by atoms with Crippen LogP contribution in [0, 0.1) is 0 Å². The predicted molar refractivity (Wildman–Crippen MR) is 42.8 cm³/mol. The second kappa shape index (κ2) is 3.93. The second-order valence-corrected chi connectivity index (χ2v) is 4.79. The molecule has 0 aromatic rings. The molecule has 0 aliphatic carbocycles. The van der Waals surface area contributed by atoms with Crippen molar-refractivity contribution in [3.63, 3.8) is 0 Å². The lowest BCUT2D eigenvalue weighted by molar-refractivity contribution is 0.579.